The maximum atomic E-state index is 13.7. The number of Topliss-reactive ketones (excluding diaryl/α,β-unsaturated/α-hetero) is 1. The van der Waals surface area contributed by atoms with E-state index in [0.717, 1.165) is 49.2 Å². The molecule has 0 aliphatic carbocycles. The number of rotatable bonds is 11. The van der Waals surface area contributed by atoms with Gasteiger partial charge in [0.25, 0.3) is 5.91 Å². The summed E-state index contributed by atoms with van der Waals surface area (Å²) in [4.78, 5) is 30.9. The van der Waals surface area contributed by atoms with Crippen LogP contribution in [0.15, 0.2) is 70.3 Å². The Morgan fingerprint density at radius 2 is 1.82 bits per heavy atom. The maximum Gasteiger partial charge on any atom is 0.290 e. The average molecular weight is 519 g/mol. The van der Waals surface area contributed by atoms with Gasteiger partial charge in [-0.2, -0.15) is 0 Å². The van der Waals surface area contributed by atoms with Gasteiger partial charge >= 0.3 is 0 Å². The molecule has 2 aliphatic rings. The third kappa shape index (κ3) is 5.47. The fourth-order valence-corrected chi connectivity index (χ4v) is 5.06. The molecule has 8 nitrogen and oxygen atoms in total. The van der Waals surface area contributed by atoms with Crippen molar-refractivity contribution in [3.8, 4) is 5.75 Å². The number of ether oxygens (including phenoxy) is 2. The number of benzene rings is 2. The molecule has 0 radical (unpaired) electrons. The molecule has 3 aromatic rings. The Labute approximate surface area is 222 Å². The molecule has 0 saturated carbocycles. The van der Waals surface area contributed by atoms with Crippen molar-refractivity contribution in [2.75, 3.05) is 46.0 Å². The minimum Gasteiger partial charge on any atom is -0.503 e. The number of aliphatic hydroxyl groups excluding tert-OH is 1. The van der Waals surface area contributed by atoms with Gasteiger partial charge in [-0.25, -0.2) is 0 Å². The maximum absolute atomic E-state index is 13.7. The van der Waals surface area contributed by atoms with Crippen molar-refractivity contribution in [1.29, 1.82) is 0 Å². The van der Waals surface area contributed by atoms with E-state index in [-0.39, 0.29) is 11.3 Å². The summed E-state index contributed by atoms with van der Waals surface area (Å²) in [6.07, 6.45) is 2.71. The fourth-order valence-electron chi connectivity index (χ4n) is 5.06. The summed E-state index contributed by atoms with van der Waals surface area (Å²) in [5.41, 5.74) is 1.35. The van der Waals surface area contributed by atoms with Crippen molar-refractivity contribution in [3.05, 3.63) is 77.3 Å². The van der Waals surface area contributed by atoms with E-state index in [0.29, 0.717) is 38.4 Å². The van der Waals surface area contributed by atoms with E-state index in [2.05, 4.69) is 11.8 Å². The van der Waals surface area contributed by atoms with Gasteiger partial charge in [0.2, 0.25) is 5.78 Å². The largest absolute Gasteiger partial charge is 0.503 e. The van der Waals surface area contributed by atoms with Crippen LogP contribution in [0.2, 0.25) is 0 Å². The molecule has 1 fully saturated rings. The number of amides is 1. The van der Waals surface area contributed by atoms with Crippen LogP contribution < -0.4 is 4.74 Å². The number of furan rings is 1. The van der Waals surface area contributed by atoms with Gasteiger partial charge in [0, 0.05) is 31.6 Å². The minimum absolute atomic E-state index is 0.0417. The summed E-state index contributed by atoms with van der Waals surface area (Å²) >= 11 is 0. The van der Waals surface area contributed by atoms with E-state index >= 15 is 0 Å². The molecule has 5 rings (SSSR count). The zero-order valence-electron chi connectivity index (χ0n) is 21.7. The van der Waals surface area contributed by atoms with Gasteiger partial charge < -0.3 is 23.9 Å². The van der Waals surface area contributed by atoms with E-state index in [1.165, 1.54) is 0 Å². The van der Waals surface area contributed by atoms with Crippen LogP contribution in [0.1, 0.15) is 48.3 Å². The summed E-state index contributed by atoms with van der Waals surface area (Å²) in [6.45, 7) is 7.06. The third-order valence-corrected chi connectivity index (χ3v) is 7.14. The highest BCUT2D eigenvalue weighted by Crippen LogP contribution is 2.40. The van der Waals surface area contributed by atoms with Crippen molar-refractivity contribution < 1.29 is 28.6 Å². The molecule has 8 heteroatoms. The van der Waals surface area contributed by atoms with Gasteiger partial charge in [-0.3, -0.25) is 14.5 Å². The molecule has 1 N–H and O–H groups in total. The molecule has 3 heterocycles. The fraction of sp³-hybridized carbons (Fsp3) is 0.400. The molecule has 2 aliphatic heterocycles. The first-order chi connectivity index (χ1) is 18.6. The SMILES string of the molecule is CCCCOc1ccc([C@H]2C(C(=O)c3cc4ccccc4o3)=C(O)C(=O)N2CCCN2CCOCC2)cc1. The second-order valence-electron chi connectivity index (χ2n) is 9.72. The molecular formula is C30H34N2O6. The molecule has 0 unspecified atom stereocenters. The van der Waals surface area contributed by atoms with Gasteiger partial charge in [0.05, 0.1) is 31.4 Å². The summed E-state index contributed by atoms with van der Waals surface area (Å²) in [6, 6.07) is 15.7. The predicted octanol–water partition coefficient (Wildman–Crippen LogP) is 4.91. The summed E-state index contributed by atoms with van der Waals surface area (Å²) in [5, 5.41) is 11.8. The number of aliphatic hydroxyl groups is 1. The van der Waals surface area contributed by atoms with Crippen LogP contribution in [0.5, 0.6) is 5.75 Å². The Morgan fingerprint density at radius 3 is 2.55 bits per heavy atom. The molecular weight excluding hydrogens is 484 g/mol. The number of hydrogen-bond acceptors (Lipinski definition) is 7. The standard InChI is InChI=1S/C30H34N2O6/c1-2-3-17-37-23-11-9-21(10-12-23)27-26(28(33)25-20-22-7-4-5-8-24(22)38-25)29(34)30(35)32(27)14-6-13-31-15-18-36-19-16-31/h4-5,7-12,20,27,34H,2-3,6,13-19H2,1H3/t27-/m0/s1. The Kier molecular flexibility index (Phi) is 8.10. The van der Waals surface area contributed by atoms with Crippen molar-refractivity contribution in [2.24, 2.45) is 0 Å². The van der Waals surface area contributed by atoms with E-state index in [4.69, 9.17) is 13.9 Å². The van der Waals surface area contributed by atoms with E-state index in [1.54, 1.807) is 17.0 Å². The second kappa shape index (κ2) is 11.8. The third-order valence-electron chi connectivity index (χ3n) is 7.14. The number of nitrogens with zero attached hydrogens (tertiary/aromatic N) is 2. The molecule has 1 atom stereocenters. The average Bonchev–Trinajstić information content (AvgIpc) is 3.49. The highest BCUT2D eigenvalue weighted by atomic mass is 16.5. The summed E-state index contributed by atoms with van der Waals surface area (Å²) in [7, 11) is 0. The number of carbonyl (C=O) groups excluding carboxylic acids is 2. The number of fused-ring (bicyclic) bond motifs is 1. The molecule has 200 valence electrons. The first kappa shape index (κ1) is 26.0. The second-order valence-corrected chi connectivity index (χ2v) is 9.72. The lowest BCUT2D eigenvalue weighted by molar-refractivity contribution is -0.129. The number of para-hydroxylation sites is 1. The predicted molar refractivity (Wildman–Crippen MR) is 143 cm³/mol. The normalized spacial score (nSPS) is 18.5. The number of hydrogen-bond donors (Lipinski definition) is 1. The quantitative estimate of drug-likeness (QED) is 0.285. The van der Waals surface area contributed by atoms with Crippen LogP contribution in [0.4, 0.5) is 0 Å². The van der Waals surface area contributed by atoms with Crippen LogP contribution in [-0.2, 0) is 9.53 Å². The van der Waals surface area contributed by atoms with Crippen LogP contribution in [0.25, 0.3) is 11.0 Å². The number of morpholine rings is 1. The van der Waals surface area contributed by atoms with Crippen LogP contribution in [0, 0.1) is 0 Å². The van der Waals surface area contributed by atoms with Crippen molar-refractivity contribution in [2.45, 2.75) is 32.2 Å². The molecule has 1 aromatic heterocycles. The zero-order valence-corrected chi connectivity index (χ0v) is 21.7. The lowest BCUT2D eigenvalue weighted by atomic mass is 9.95. The highest BCUT2D eigenvalue weighted by Gasteiger charge is 2.44. The molecule has 38 heavy (non-hydrogen) atoms. The van der Waals surface area contributed by atoms with Gasteiger partial charge in [-0.1, -0.05) is 43.7 Å². The van der Waals surface area contributed by atoms with E-state index in [1.807, 2.05) is 42.5 Å². The van der Waals surface area contributed by atoms with Crippen LogP contribution in [0.3, 0.4) is 0 Å². The number of carbonyl (C=O) groups is 2. The molecule has 1 saturated heterocycles. The van der Waals surface area contributed by atoms with Gasteiger partial charge in [-0.15, -0.1) is 0 Å². The Bertz CT molecular complexity index is 1270. The molecule has 0 spiro atoms. The van der Waals surface area contributed by atoms with Crippen molar-refractivity contribution >= 4 is 22.7 Å². The Hall–Kier alpha value is -3.62. The summed E-state index contributed by atoms with van der Waals surface area (Å²) in [5.74, 6) is -0.727. The van der Waals surface area contributed by atoms with E-state index < -0.39 is 23.5 Å². The smallest absolute Gasteiger partial charge is 0.290 e. The molecule has 1 amide bonds. The monoisotopic (exact) mass is 518 g/mol. The minimum atomic E-state index is -0.724. The van der Waals surface area contributed by atoms with Gasteiger partial charge in [0.1, 0.15) is 11.3 Å². The molecule has 2 aromatic carbocycles. The lowest BCUT2D eigenvalue weighted by Gasteiger charge is -2.30. The van der Waals surface area contributed by atoms with E-state index in [9.17, 15) is 14.7 Å². The van der Waals surface area contributed by atoms with Gasteiger partial charge in [-0.05, 0) is 42.7 Å². The highest BCUT2D eigenvalue weighted by molar-refractivity contribution is 6.16. The molecule has 0 bridgehead atoms. The van der Waals surface area contributed by atoms with Crippen molar-refractivity contribution in [3.63, 3.8) is 0 Å². The lowest BCUT2D eigenvalue weighted by Crippen LogP contribution is -2.39. The van der Waals surface area contributed by atoms with Crippen LogP contribution in [-0.4, -0.2) is 72.6 Å². The number of ketones is 1. The zero-order chi connectivity index (χ0) is 26.5. The van der Waals surface area contributed by atoms with Gasteiger partial charge in [0.15, 0.2) is 11.5 Å². The Morgan fingerprint density at radius 1 is 1.05 bits per heavy atom. The number of unbranched alkanes of at least 4 members (excludes halogenated alkanes) is 1. The first-order valence-electron chi connectivity index (χ1n) is 13.4. The first-order valence-corrected chi connectivity index (χ1v) is 13.4. The topological polar surface area (TPSA) is 92.5 Å². The van der Waals surface area contributed by atoms with Crippen LogP contribution >= 0.6 is 0 Å². The van der Waals surface area contributed by atoms with Crippen molar-refractivity contribution in [1.82, 2.24) is 9.80 Å². The summed E-state index contributed by atoms with van der Waals surface area (Å²) < 4.78 is 17.0. The Balaban J connectivity index is 1.42.